The maximum absolute atomic E-state index is 11.1. The average molecular weight is 299 g/mol. The summed E-state index contributed by atoms with van der Waals surface area (Å²) in [5.74, 6) is 0.311. The zero-order valence-corrected chi connectivity index (χ0v) is 11.6. The van der Waals surface area contributed by atoms with Gasteiger partial charge in [0.05, 0.1) is 25.2 Å². The summed E-state index contributed by atoms with van der Waals surface area (Å²) in [7, 11) is 2.66. The van der Waals surface area contributed by atoms with Crippen LogP contribution < -0.4 is 14.8 Å². The Bertz CT molecular complexity index is 748. The van der Waals surface area contributed by atoms with Crippen molar-refractivity contribution in [1.82, 2.24) is 0 Å². The van der Waals surface area contributed by atoms with E-state index < -0.39 is 21.9 Å². The van der Waals surface area contributed by atoms with Gasteiger partial charge in [0.1, 0.15) is 29.6 Å². The molecule has 0 saturated heterocycles. The second-order valence-electron chi connectivity index (χ2n) is 3.69. The molecule has 0 bridgehead atoms. The van der Waals surface area contributed by atoms with Gasteiger partial charge in [-0.1, -0.05) is 0 Å². The van der Waals surface area contributed by atoms with Gasteiger partial charge in [0.25, 0.3) is 5.69 Å². The van der Waals surface area contributed by atoms with E-state index in [9.17, 15) is 10.1 Å². The van der Waals surface area contributed by atoms with E-state index in [1.807, 2.05) is 0 Å². The number of methoxy groups -OCH3 is 2. The quantitative estimate of drug-likeness (QED) is 0.492. The van der Waals surface area contributed by atoms with Crippen molar-refractivity contribution in [2.75, 3.05) is 19.5 Å². The third kappa shape index (κ3) is 3.21. The van der Waals surface area contributed by atoms with Gasteiger partial charge in [0, 0.05) is 6.07 Å². The average Bonchev–Trinajstić information content (AvgIpc) is 2.53. The monoisotopic (exact) mass is 299 g/mol. The summed E-state index contributed by atoms with van der Waals surface area (Å²) in [5, 5.41) is 40.0. The maximum atomic E-state index is 11.1. The Balaban J connectivity index is 3.51. The Morgan fingerprint density at radius 3 is 2.09 bits per heavy atom. The van der Waals surface area contributed by atoms with Crippen molar-refractivity contribution in [3.8, 4) is 29.7 Å². The lowest BCUT2D eigenvalue weighted by atomic mass is 10.2. The lowest BCUT2D eigenvalue weighted by molar-refractivity contribution is -0.384. The zero-order chi connectivity index (χ0) is 16.7. The van der Waals surface area contributed by atoms with Gasteiger partial charge in [0.15, 0.2) is 17.1 Å². The summed E-state index contributed by atoms with van der Waals surface area (Å²) in [4.78, 5) is 10.4. The molecular weight excluding hydrogens is 290 g/mol. The maximum Gasteiger partial charge on any atom is 0.296 e. The van der Waals surface area contributed by atoms with E-state index in [2.05, 4.69) is 5.32 Å². The number of nitrogens with zero attached hydrogens (tertiary/aromatic N) is 4. The standard InChI is InChI=1S/C13H9N5O4/c1-21-12-3-9(11(18(19)20)4-13(12)22-2)17-10(7-16)8(5-14)6-15/h3-4,17H,1-2H3. The summed E-state index contributed by atoms with van der Waals surface area (Å²) in [6.07, 6.45) is 0. The number of nitro benzene ring substituents is 1. The molecule has 0 amide bonds. The van der Waals surface area contributed by atoms with Gasteiger partial charge in [-0.05, 0) is 0 Å². The molecule has 0 aliphatic rings. The van der Waals surface area contributed by atoms with Crippen LogP contribution in [0.3, 0.4) is 0 Å². The predicted molar refractivity (Wildman–Crippen MR) is 73.7 cm³/mol. The van der Waals surface area contributed by atoms with Crippen LogP contribution in [0.15, 0.2) is 23.4 Å². The molecule has 0 aliphatic heterocycles. The number of nitro groups is 1. The van der Waals surface area contributed by atoms with Crippen LogP contribution >= 0.6 is 0 Å². The fraction of sp³-hybridized carbons (Fsp3) is 0.154. The largest absolute Gasteiger partial charge is 0.493 e. The van der Waals surface area contributed by atoms with Crippen LogP contribution in [0.1, 0.15) is 0 Å². The summed E-state index contributed by atoms with van der Waals surface area (Å²) < 4.78 is 9.99. The topological polar surface area (TPSA) is 145 Å². The highest BCUT2D eigenvalue weighted by atomic mass is 16.6. The number of ether oxygens (including phenoxy) is 2. The molecule has 9 heteroatoms. The molecule has 1 aromatic rings. The molecule has 0 heterocycles. The first-order valence-electron chi connectivity index (χ1n) is 5.64. The van der Waals surface area contributed by atoms with Gasteiger partial charge in [-0.3, -0.25) is 10.1 Å². The normalized spacial score (nSPS) is 8.68. The molecule has 1 N–H and O–H groups in total. The van der Waals surface area contributed by atoms with Gasteiger partial charge in [0.2, 0.25) is 0 Å². The van der Waals surface area contributed by atoms with Gasteiger partial charge in [-0.2, -0.15) is 15.8 Å². The minimum atomic E-state index is -0.697. The van der Waals surface area contributed by atoms with Crippen LogP contribution in [-0.2, 0) is 0 Å². The number of hydrogen-bond donors (Lipinski definition) is 1. The fourth-order valence-electron chi connectivity index (χ4n) is 1.54. The van der Waals surface area contributed by atoms with Crippen LogP contribution in [0.2, 0.25) is 0 Å². The molecule has 1 rings (SSSR count). The Morgan fingerprint density at radius 2 is 1.68 bits per heavy atom. The van der Waals surface area contributed by atoms with E-state index in [4.69, 9.17) is 25.3 Å². The van der Waals surface area contributed by atoms with E-state index in [0.717, 1.165) is 6.07 Å². The molecule has 0 fully saturated rings. The molecular formula is C13H9N5O4. The van der Waals surface area contributed by atoms with Gasteiger partial charge in [-0.15, -0.1) is 0 Å². The number of rotatable bonds is 5. The van der Waals surface area contributed by atoms with Crippen LogP contribution in [0.5, 0.6) is 11.5 Å². The highest BCUT2D eigenvalue weighted by Gasteiger charge is 2.21. The SMILES string of the molecule is COc1cc(NC(C#N)=C(C#N)C#N)c([N+](=O)[O-])cc1OC. The van der Waals surface area contributed by atoms with Crippen LogP contribution in [0.25, 0.3) is 0 Å². The smallest absolute Gasteiger partial charge is 0.296 e. The molecule has 1 aromatic carbocycles. The van der Waals surface area contributed by atoms with E-state index in [1.165, 1.54) is 32.4 Å². The molecule has 0 unspecified atom stereocenters. The summed E-state index contributed by atoms with van der Waals surface area (Å²) >= 11 is 0. The first-order valence-corrected chi connectivity index (χ1v) is 5.64. The van der Waals surface area contributed by atoms with Crippen molar-refractivity contribution < 1.29 is 14.4 Å². The Morgan fingerprint density at radius 1 is 1.14 bits per heavy atom. The van der Waals surface area contributed by atoms with Crippen molar-refractivity contribution in [2.24, 2.45) is 0 Å². The van der Waals surface area contributed by atoms with Crippen molar-refractivity contribution in [2.45, 2.75) is 0 Å². The Hall–Kier alpha value is -3.77. The highest BCUT2D eigenvalue weighted by Crippen LogP contribution is 2.38. The second kappa shape index (κ2) is 7.13. The van der Waals surface area contributed by atoms with Crippen LogP contribution in [-0.4, -0.2) is 19.1 Å². The van der Waals surface area contributed by atoms with Crippen LogP contribution in [0.4, 0.5) is 11.4 Å². The molecule has 0 spiro atoms. The summed E-state index contributed by atoms with van der Waals surface area (Å²) in [6, 6.07) is 7.02. The first-order chi connectivity index (χ1) is 10.5. The lowest BCUT2D eigenvalue weighted by Crippen LogP contribution is -2.05. The van der Waals surface area contributed by atoms with E-state index in [0.29, 0.717) is 0 Å². The molecule has 9 nitrogen and oxygen atoms in total. The second-order valence-corrected chi connectivity index (χ2v) is 3.69. The lowest BCUT2D eigenvalue weighted by Gasteiger charge is -2.11. The van der Waals surface area contributed by atoms with Gasteiger partial charge in [-0.25, -0.2) is 0 Å². The molecule has 22 heavy (non-hydrogen) atoms. The number of nitrogens with one attached hydrogen (secondary N) is 1. The Labute approximate surface area is 125 Å². The predicted octanol–water partition coefficient (Wildman–Crippen LogP) is 1.85. The third-order valence-corrected chi connectivity index (χ3v) is 2.54. The van der Waals surface area contributed by atoms with Crippen molar-refractivity contribution in [3.63, 3.8) is 0 Å². The third-order valence-electron chi connectivity index (χ3n) is 2.54. The minimum absolute atomic E-state index is 0.109. The van der Waals surface area contributed by atoms with Crippen molar-refractivity contribution >= 4 is 11.4 Å². The van der Waals surface area contributed by atoms with Crippen LogP contribution in [0, 0.1) is 44.1 Å². The molecule has 0 saturated carbocycles. The molecule has 110 valence electrons. The number of allylic oxidation sites excluding steroid dienone is 2. The van der Waals surface area contributed by atoms with Crippen molar-refractivity contribution in [3.05, 3.63) is 33.5 Å². The first kappa shape index (κ1) is 16.3. The fourth-order valence-corrected chi connectivity index (χ4v) is 1.54. The summed E-state index contributed by atoms with van der Waals surface area (Å²) in [5.41, 5.74) is -1.41. The van der Waals surface area contributed by atoms with E-state index in [-0.39, 0.29) is 17.2 Å². The molecule has 0 atom stereocenters. The number of hydrogen-bond acceptors (Lipinski definition) is 8. The number of nitriles is 3. The number of anilines is 1. The van der Waals surface area contributed by atoms with E-state index in [1.54, 1.807) is 6.07 Å². The van der Waals surface area contributed by atoms with Gasteiger partial charge < -0.3 is 14.8 Å². The Kier molecular flexibility index (Phi) is 5.28. The summed E-state index contributed by atoms with van der Waals surface area (Å²) in [6.45, 7) is 0. The van der Waals surface area contributed by atoms with Crippen molar-refractivity contribution in [1.29, 1.82) is 15.8 Å². The minimum Gasteiger partial charge on any atom is -0.493 e. The molecule has 0 aromatic heterocycles. The molecule has 0 aliphatic carbocycles. The highest BCUT2D eigenvalue weighted by molar-refractivity contribution is 5.72. The number of benzene rings is 1. The van der Waals surface area contributed by atoms with Gasteiger partial charge >= 0.3 is 0 Å². The molecule has 0 radical (unpaired) electrons. The van der Waals surface area contributed by atoms with E-state index >= 15 is 0 Å². The zero-order valence-electron chi connectivity index (χ0n) is 11.6.